The van der Waals surface area contributed by atoms with Gasteiger partial charge in [0, 0.05) is 12.5 Å². The standard InChI is InChI=1S/C13H14N3O2S/c1-13(2)7-10(8-14)9-19(13)15-11-5-3-4-6-12(11)16(17)18/h3-6,9,15H,7H2,1-2H3/q+1. The van der Waals surface area contributed by atoms with Gasteiger partial charge in [-0.05, 0) is 19.9 Å². The lowest BCUT2D eigenvalue weighted by Gasteiger charge is -2.17. The molecule has 6 heteroatoms. The molecule has 0 radical (unpaired) electrons. The number of nitrogens with zero attached hydrogens (tertiary/aromatic N) is 2. The Balaban J connectivity index is 2.30. The molecule has 2 rings (SSSR count). The van der Waals surface area contributed by atoms with E-state index in [4.69, 9.17) is 5.26 Å². The number of para-hydroxylation sites is 2. The van der Waals surface area contributed by atoms with Gasteiger partial charge in [-0.1, -0.05) is 12.1 Å². The number of allylic oxidation sites excluding steroid dienone is 1. The summed E-state index contributed by atoms with van der Waals surface area (Å²) in [5, 5.41) is 21.8. The van der Waals surface area contributed by atoms with Gasteiger partial charge in [-0.15, -0.1) is 0 Å². The number of nitrogens with one attached hydrogen (secondary N) is 1. The van der Waals surface area contributed by atoms with Crippen LogP contribution < -0.4 is 4.72 Å². The summed E-state index contributed by atoms with van der Waals surface area (Å²) in [4.78, 5) is 10.6. The molecule has 0 saturated heterocycles. The predicted molar refractivity (Wildman–Crippen MR) is 76.5 cm³/mol. The van der Waals surface area contributed by atoms with Gasteiger partial charge in [-0.2, -0.15) is 9.98 Å². The van der Waals surface area contributed by atoms with E-state index in [1.54, 1.807) is 18.2 Å². The lowest BCUT2D eigenvalue weighted by atomic mass is 10.1. The van der Waals surface area contributed by atoms with Gasteiger partial charge >= 0.3 is 0 Å². The van der Waals surface area contributed by atoms with Gasteiger partial charge in [0.2, 0.25) is 0 Å². The van der Waals surface area contributed by atoms with Crippen molar-refractivity contribution in [2.45, 2.75) is 25.0 Å². The van der Waals surface area contributed by atoms with Crippen LogP contribution in [0.15, 0.2) is 35.2 Å². The van der Waals surface area contributed by atoms with E-state index in [2.05, 4.69) is 24.6 Å². The molecule has 1 atom stereocenters. The second kappa shape index (κ2) is 4.94. The number of nitriles is 1. The maximum absolute atomic E-state index is 11.0. The molecule has 0 bridgehead atoms. The summed E-state index contributed by atoms with van der Waals surface area (Å²) in [7, 11) is 0. The number of anilines is 1. The molecule has 19 heavy (non-hydrogen) atoms. The molecule has 1 aromatic rings. The fourth-order valence-corrected chi connectivity index (χ4v) is 3.75. The van der Waals surface area contributed by atoms with Gasteiger partial charge < -0.3 is 0 Å². The lowest BCUT2D eigenvalue weighted by molar-refractivity contribution is -0.383. The Morgan fingerprint density at radius 2 is 2.16 bits per heavy atom. The largest absolute Gasteiger partial charge is 0.296 e. The van der Waals surface area contributed by atoms with Crippen molar-refractivity contribution >= 4 is 22.5 Å². The van der Waals surface area contributed by atoms with Gasteiger partial charge in [0.05, 0.1) is 16.6 Å². The van der Waals surface area contributed by atoms with Crippen LogP contribution >= 0.6 is 0 Å². The van der Waals surface area contributed by atoms with Crippen LogP contribution in [0.4, 0.5) is 11.4 Å². The number of nitro groups is 1. The van der Waals surface area contributed by atoms with E-state index in [1.807, 2.05) is 5.41 Å². The van der Waals surface area contributed by atoms with E-state index in [0.717, 1.165) is 5.57 Å². The summed E-state index contributed by atoms with van der Waals surface area (Å²) in [6.45, 7) is 4.11. The summed E-state index contributed by atoms with van der Waals surface area (Å²) in [5.41, 5.74) is 1.29. The van der Waals surface area contributed by atoms with E-state index in [0.29, 0.717) is 12.1 Å². The zero-order valence-electron chi connectivity index (χ0n) is 10.7. The maximum atomic E-state index is 11.0. The van der Waals surface area contributed by atoms with Crippen molar-refractivity contribution in [3.05, 3.63) is 45.4 Å². The number of hydrogen-bond acceptors (Lipinski definition) is 4. The fourth-order valence-electron chi connectivity index (χ4n) is 1.95. The molecule has 0 fully saturated rings. The SMILES string of the molecule is CC1(C)CC(C#N)=C[S+]1Nc1ccccc1[N+](=O)[O-]. The first-order valence-corrected chi connectivity index (χ1v) is 7.07. The molecule has 1 aliphatic heterocycles. The van der Waals surface area contributed by atoms with Crippen LogP contribution in [0.5, 0.6) is 0 Å². The highest BCUT2D eigenvalue weighted by molar-refractivity contribution is 8.02. The zero-order chi connectivity index (χ0) is 14.0. The summed E-state index contributed by atoms with van der Waals surface area (Å²) in [5.74, 6) is 0. The lowest BCUT2D eigenvalue weighted by Crippen LogP contribution is -2.31. The van der Waals surface area contributed by atoms with Crippen molar-refractivity contribution in [3.63, 3.8) is 0 Å². The third-order valence-electron chi connectivity index (χ3n) is 2.94. The molecular formula is C13H14N3O2S+. The van der Waals surface area contributed by atoms with E-state index in [9.17, 15) is 10.1 Å². The Morgan fingerprint density at radius 1 is 1.47 bits per heavy atom. The van der Waals surface area contributed by atoms with Crippen molar-refractivity contribution in [2.75, 3.05) is 4.72 Å². The van der Waals surface area contributed by atoms with Crippen LogP contribution in [0.1, 0.15) is 20.3 Å². The van der Waals surface area contributed by atoms with Gasteiger partial charge in [0.25, 0.3) is 5.69 Å². The quantitative estimate of drug-likeness (QED) is 0.522. The van der Waals surface area contributed by atoms with E-state index in [-0.39, 0.29) is 21.5 Å². The average Bonchev–Trinajstić information content (AvgIpc) is 2.65. The summed E-state index contributed by atoms with van der Waals surface area (Å²) in [6, 6.07) is 8.74. The third kappa shape index (κ3) is 2.71. The molecule has 1 unspecified atom stereocenters. The van der Waals surface area contributed by atoms with Crippen LogP contribution in [-0.2, 0) is 11.1 Å². The number of nitro benzene ring substituents is 1. The van der Waals surface area contributed by atoms with Gasteiger partial charge in [0.1, 0.15) is 11.1 Å². The van der Waals surface area contributed by atoms with E-state index >= 15 is 0 Å². The van der Waals surface area contributed by atoms with Crippen molar-refractivity contribution in [1.82, 2.24) is 0 Å². The highest BCUT2D eigenvalue weighted by Crippen LogP contribution is 2.37. The number of benzene rings is 1. The third-order valence-corrected chi connectivity index (χ3v) is 5.23. The van der Waals surface area contributed by atoms with Crippen molar-refractivity contribution in [3.8, 4) is 6.07 Å². The molecule has 1 aliphatic rings. The second-order valence-electron chi connectivity index (χ2n) is 4.91. The van der Waals surface area contributed by atoms with Crippen LogP contribution in [0.2, 0.25) is 0 Å². The second-order valence-corrected chi connectivity index (χ2v) is 7.13. The Hall–Kier alpha value is -2.00. The molecule has 0 aromatic heterocycles. The van der Waals surface area contributed by atoms with Crippen molar-refractivity contribution in [1.29, 1.82) is 5.26 Å². The number of hydrogen-bond donors (Lipinski definition) is 1. The first kappa shape index (κ1) is 13.4. The van der Waals surface area contributed by atoms with Crippen LogP contribution in [0.25, 0.3) is 0 Å². The molecule has 0 aliphatic carbocycles. The smallest absolute Gasteiger partial charge is 0.258 e. The topological polar surface area (TPSA) is 79.0 Å². The van der Waals surface area contributed by atoms with Gasteiger partial charge in [-0.25, -0.2) is 0 Å². The Kier molecular flexibility index (Phi) is 3.49. The molecule has 0 saturated carbocycles. The summed E-state index contributed by atoms with van der Waals surface area (Å²) in [6.07, 6.45) is 0.695. The maximum Gasteiger partial charge on any atom is 0.296 e. The van der Waals surface area contributed by atoms with Crippen molar-refractivity contribution in [2.24, 2.45) is 0 Å². The predicted octanol–water partition coefficient (Wildman–Crippen LogP) is 3.13. The molecular weight excluding hydrogens is 262 g/mol. The monoisotopic (exact) mass is 276 g/mol. The Labute approximate surface area is 114 Å². The van der Waals surface area contributed by atoms with Gasteiger partial charge in [-0.3, -0.25) is 10.1 Å². The molecule has 5 nitrogen and oxygen atoms in total. The normalized spacial score (nSPS) is 20.5. The molecule has 1 aromatic carbocycles. The zero-order valence-corrected chi connectivity index (χ0v) is 11.5. The van der Waals surface area contributed by atoms with E-state index < -0.39 is 4.92 Å². The molecule has 0 spiro atoms. The summed E-state index contributed by atoms with van der Waals surface area (Å²) >= 11 is -0.384. The minimum atomic E-state index is -0.399. The first-order chi connectivity index (χ1) is 8.94. The number of rotatable bonds is 3. The molecule has 98 valence electrons. The van der Waals surface area contributed by atoms with Crippen molar-refractivity contribution < 1.29 is 4.92 Å². The van der Waals surface area contributed by atoms with Crippen LogP contribution in [0, 0.1) is 21.4 Å². The average molecular weight is 276 g/mol. The Morgan fingerprint density at radius 3 is 2.74 bits per heavy atom. The Bertz CT molecular complexity index is 590. The molecule has 1 heterocycles. The molecule has 1 N–H and O–H groups in total. The highest BCUT2D eigenvalue weighted by atomic mass is 32.2. The van der Waals surface area contributed by atoms with Gasteiger partial charge in [0.15, 0.2) is 15.8 Å². The minimum absolute atomic E-state index is 0.0598. The van der Waals surface area contributed by atoms with E-state index in [1.165, 1.54) is 6.07 Å². The minimum Gasteiger partial charge on any atom is -0.258 e. The summed E-state index contributed by atoms with van der Waals surface area (Å²) < 4.78 is 3.10. The molecule has 0 amide bonds. The highest BCUT2D eigenvalue weighted by Gasteiger charge is 2.46. The van der Waals surface area contributed by atoms with Crippen LogP contribution in [0.3, 0.4) is 0 Å². The fraction of sp³-hybridized carbons (Fsp3) is 0.308. The van der Waals surface area contributed by atoms with Crippen LogP contribution in [-0.4, -0.2) is 9.67 Å². The first-order valence-electron chi connectivity index (χ1n) is 5.78.